The number of benzene rings is 1. The molecule has 0 fully saturated rings. The first kappa shape index (κ1) is 13.4. The standard InChI is InChI=1S/C15H18N6/c1-10-12-9-11(5-6-13(12)19-21(10)4)20(3)14-7-8-17-15(16-2)18-14/h5-9H,1-4H3,(H,16,17,18). The third-order valence-electron chi connectivity index (χ3n) is 3.71. The normalized spacial score (nSPS) is 10.9. The molecule has 0 spiro atoms. The van der Waals surface area contributed by atoms with Gasteiger partial charge in [0.1, 0.15) is 5.82 Å². The Kier molecular flexibility index (Phi) is 3.21. The van der Waals surface area contributed by atoms with Crippen LogP contribution in [0.25, 0.3) is 10.9 Å². The smallest absolute Gasteiger partial charge is 0.224 e. The molecule has 0 atom stereocenters. The molecule has 0 bridgehead atoms. The predicted octanol–water partition coefficient (Wildman–Crippen LogP) is 2.48. The molecule has 6 heteroatoms. The maximum Gasteiger partial charge on any atom is 0.224 e. The quantitative estimate of drug-likeness (QED) is 0.799. The van der Waals surface area contributed by atoms with Crippen LogP contribution in [-0.4, -0.2) is 33.8 Å². The Morgan fingerprint density at radius 3 is 2.81 bits per heavy atom. The number of aromatic nitrogens is 4. The summed E-state index contributed by atoms with van der Waals surface area (Å²) in [5.74, 6) is 1.45. The molecule has 21 heavy (non-hydrogen) atoms. The van der Waals surface area contributed by atoms with Gasteiger partial charge in [0, 0.05) is 44.1 Å². The minimum Gasteiger partial charge on any atom is -0.357 e. The molecule has 0 amide bonds. The van der Waals surface area contributed by atoms with E-state index in [0.29, 0.717) is 5.95 Å². The van der Waals surface area contributed by atoms with Gasteiger partial charge >= 0.3 is 0 Å². The summed E-state index contributed by atoms with van der Waals surface area (Å²) in [7, 11) is 5.77. The fourth-order valence-corrected chi connectivity index (χ4v) is 2.31. The maximum absolute atomic E-state index is 4.48. The summed E-state index contributed by atoms with van der Waals surface area (Å²) in [5.41, 5.74) is 3.23. The van der Waals surface area contributed by atoms with E-state index in [1.807, 2.05) is 42.9 Å². The van der Waals surface area contributed by atoms with Crippen molar-refractivity contribution in [2.75, 3.05) is 24.3 Å². The monoisotopic (exact) mass is 282 g/mol. The molecule has 6 nitrogen and oxygen atoms in total. The van der Waals surface area contributed by atoms with Gasteiger partial charge in [0.25, 0.3) is 0 Å². The van der Waals surface area contributed by atoms with E-state index >= 15 is 0 Å². The Hall–Kier alpha value is -2.63. The number of hydrogen-bond acceptors (Lipinski definition) is 5. The van der Waals surface area contributed by atoms with E-state index in [4.69, 9.17) is 0 Å². The third kappa shape index (κ3) is 2.29. The van der Waals surface area contributed by atoms with E-state index in [1.165, 1.54) is 0 Å². The van der Waals surface area contributed by atoms with Crippen molar-refractivity contribution in [3.8, 4) is 0 Å². The molecule has 2 heterocycles. The molecule has 3 rings (SSSR count). The zero-order valence-corrected chi connectivity index (χ0v) is 12.6. The lowest BCUT2D eigenvalue weighted by Gasteiger charge is -2.18. The highest BCUT2D eigenvalue weighted by Crippen LogP contribution is 2.27. The number of fused-ring (bicyclic) bond motifs is 1. The largest absolute Gasteiger partial charge is 0.357 e. The van der Waals surface area contributed by atoms with Crippen molar-refractivity contribution in [3.05, 3.63) is 36.2 Å². The molecule has 0 aliphatic heterocycles. The van der Waals surface area contributed by atoms with Crippen LogP contribution in [0.4, 0.5) is 17.5 Å². The van der Waals surface area contributed by atoms with E-state index in [1.54, 1.807) is 6.20 Å². The van der Waals surface area contributed by atoms with Crippen molar-refractivity contribution in [3.63, 3.8) is 0 Å². The van der Waals surface area contributed by atoms with Crippen LogP contribution in [0, 0.1) is 6.92 Å². The molecule has 1 aromatic carbocycles. The topological polar surface area (TPSA) is 58.9 Å². The van der Waals surface area contributed by atoms with E-state index in [-0.39, 0.29) is 0 Å². The molecule has 0 radical (unpaired) electrons. The van der Waals surface area contributed by atoms with Crippen LogP contribution in [0.5, 0.6) is 0 Å². The zero-order valence-electron chi connectivity index (χ0n) is 12.6. The summed E-state index contributed by atoms with van der Waals surface area (Å²) in [6.45, 7) is 2.07. The first-order valence-electron chi connectivity index (χ1n) is 6.78. The van der Waals surface area contributed by atoms with Crippen molar-refractivity contribution in [2.45, 2.75) is 6.92 Å². The molecular weight excluding hydrogens is 264 g/mol. The van der Waals surface area contributed by atoms with Crippen LogP contribution in [0.3, 0.4) is 0 Å². The minimum atomic E-state index is 0.609. The first-order valence-corrected chi connectivity index (χ1v) is 6.78. The molecule has 108 valence electrons. The molecule has 0 saturated carbocycles. The van der Waals surface area contributed by atoms with Crippen LogP contribution in [0.15, 0.2) is 30.5 Å². The maximum atomic E-state index is 4.48. The van der Waals surface area contributed by atoms with Gasteiger partial charge < -0.3 is 10.2 Å². The highest BCUT2D eigenvalue weighted by molar-refractivity contribution is 5.86. The van der Waals surface area contributed by atoms with Crippen LogP contribution in [0.1, 0.15) is 5.69 Å². The van der Waals surface area contributed by atoms with Crippen LogP contribution >= 0.6 is 0 Å². The number of anilines is 3. The Bertz CT molecular complexity index is 792. The summed E-state index contributed by atoms with van der Waals surface area (Å²) in [6.07, 6.45) is 1.75. The zero-order chi connectivity index (χ0) is 15.0. The van der Waals surface area contributed by atoms with Crippen LogP contribution in [-0.2, 0) is 7.05 Å². The molecule has 0 saturated heterocycles. The van der Waals surface area contributed by atoms with Crippen LogP contribution in [0.2, 0.25) is 0 Å². The van der Waals surface area contributed by atoms with Gasteiger partial charge in [-0.15, -0.1) is 0 Å². The average molecular weight is 282 g/mol. The van der Waals surface area contributed by atoms with Crippen molar-refractivity contribution >= 4 is 28.4 Å². The van der Waals surface area contributed by atoms with Gasteiger partial charge in [0.05, 0.1) is 5.52 Å². The van der Waals surface area contributed by atoms with Gasteiger partial charge in [0.2, 0.25) is 5.95 Å². The average Bonchev–Trinajstić information content (AvgIpc) is 2.81. The Morgan fingerprint density at radius 1 is 1.24 bits per heavy atom. The summed E-state index contributed by atoms with van der Waals surface area (Å²) in [6, 6.07) is 8.12. The molecule has 0 unspecified atom stereocenters. The lowest BCUT2D eigenvalue weighted by molar-refractivity contribution is 0.751. The van der Waals surface area contributed by atoms with Crippen molar-refractivity contribution in [2.24, 2.45) is 7.05 Å². The SMILES string of the molecule is CNc1nccc(N(C)c2ccc3nn(C)c(C)c3c2)n1. The first-order chi connectivity index (χ1) is 10.1. The second-order valence-electron chi connectivity index (χ2n) is 4.96. The predicted molar refractivity (Wildman–Crippen MR) is 85.1 cm³/mol. The Labute approximate surface area is 123 Å². The van der Waals surface area contributed by atoms with Crippen molar-refractivity contribution in [1.29, 1.82) is 0 Å². The summed E-state index contributed by atoms with van der Waals surface area (Å²) in [4.78, 5) is 10.6. The number of aryl methyl sites for hydroxylation is 2. The van der Waals surface area contributed by atoms with Gasteiger partial charge in [-0.05, 0) is 31.2 Å². The fraction of sp³-hybridized carbons (Fsp3) is 0.267. The lowest BCUT2D eigenvalue weighted by Crippen LogP contribution is -2.12. The number of hydrogen-bond donors (Lipinski definition) is 1. The Morgan fingerprint density at radius 2 is 2.05 bits per heavy atom. The lowest BCUT2D eigenvalue weighted by atomic mass is 10.2. The summed E-state index contributed by atoms with van der Waals surface area (Å²) >= 11 is 0. The van der Waals surface area contributed by atoms with E-state index in [9.17, 15) is 0 Å². The highest BCUT2D eigenvalue weighted by Gasteiger charge is 2.10. The van der Waals surface area contributed by atoms with Gasteiger partial charge in [-0.25, -0.2) is 4.98 Å². The van der Waals surface area contributed by atoms with Gasteiger partial charge in [-0.3, -0.25) is 4.68 Å². The second-order valence-corrected chi connectivity index (χ2v) is 4.96. The number of nitrogens with zero attached hydrogens (tertiary/aromatic N) is 5. The molecule has 1 N–H and O–H groups in total. The Balaban J connectivity index is 2.04. The number of rotatable bonds is 3. The molecule has 0 aliphatic carbocycles. The van der Waals surface area contributed by atoms with Gasteiger partial charge in [0.15, 0.2) is 0 Å². The minimum absolute atomic E-state index is 0.609. The van der Waals surface area contributed by atoms with Gasteiger partial charge in [-0.1, -0.05) is 0 Å². The molecule has 3 aromatic rings. The summed E-state index contributed by atoms with van der Waals surface area (Å²) < 4.78 is 1.90. The second kappa shape index (κ2) is 5.05. The van der Waals surface area contributed by atoms with E-state index < -0.39 is 0 Å². The van der Waals surface area contributed by atoms with Crippen LogP contribution < -0.4 is 10.2 Å². The number of nitrogens with one attached hydrogen (secondary N) is 1. The van der Waals surface area contributed by atoms with Gasteiger partial charge in [-0.2, -0.15) is 10.1 Å². The highest BCUT2D eigenvalue weighted by atomic mass is 15.3. The molecular formula is C15H18N6. The van der Waals surface area contributed by atoms with Crippen molar-refractivity contribution in [1.82, 2.24) is 19.7 Å². The van der Waals surface area contributed by atoms with Crippen molar-refractivity contribution < 1.29 is 0 Å². The fourth-order valence-electron chi connectivity index (χ4n) is 2.31. The third-order valence-corrected chi connectivity index (χ3v) is 3.71. The van der Waals surface area contributed by atoms with E-state index in [2.05, 4.69) is 39.4 Å². The summed E-state index contributed by atoms with van der Waals surface area (Å²) in [5, 5.41) is 8.59. The van der Waals surface area contributed by atoms with E-state index in [0.717, 1.165) is 28.1 Å². The molecule has 0 aliphatic rings. The molecule has 2 aromatic heterocycles.